The summed E-state index contributed by atoms with van der Waals surface area (Å²) in [7, 11) is 1.39. The van der Waals surface area contributed by atoms with Gasteiger partial charge >= 0.3 is 12.0 Å². The minimum atomic E-state index is -1.08. The van der Waals surface area contributed by atoms with Crippen molar-refractivity contribution >= 4 is 35.4 Å². The van der Waals surface area contributed by atoms with Gasteiger partial charge in [-0.2, -0.15) is 11.8 Å². The molecule has 146 valence electrons. The van der Waals surface area contributed by atoms with Gasteiger partial charge in [0.1, 0.15) is 11.3 Å². The lowest BCUT2D eigenvalue weighted by atomic mass is 10.0. The van der Waals surface area contributed by atoms with E-state index in [1.54, 1.807) is 6.07 Å². The molecule has 0 bridgehead atoms. The first-order chi connectivity index (χ1) is 13.0. The molecule has 8 nitrogen and oxygen atoms in total. The van der Waals surface area contributed by atoms with Gasteiger partial charge in [-0.15, -0.1) is 0 Å². The second-order valence-corrected chi connectivity index (χ2v) is 7.91. The normalized spacial score (nSPS) is 23.3. The Morgan fingerprint density at radius 3 is 2.89 bits per heavy atom. The number of benzene rings is 1. The summed E-state index contributed by atoms with van der Waals surface area (Å²) < 4.78 is 5.06. The molecule has 27 heavy (non-hydrogen) atoms. The highest BCUT2D eigenvalue weighted by molar-refractivity contribution is 8.00. The number of aromatic carboxylic acids is 1. The zero-order valence-electron chi connectivity index (χ0n) is 15.0. The Labute approximate surface area is 161 Å². The van der Waals surface area contributed by atoms with Crippen molar-refractivity contribution in [3.8, 4) is 5.75 Å². The highest BCUT2D eigenvalue weighted by atomic mass is 32.2. The monoisotopic (exact) mass is 393 g/mol. The van der Waals surface area contributed by atoms with Crippen LogP contribution in [-0.4, -0.2) is 53.2 Å². The lowest BCUT2D eigenvalue weighted by Crippen LogP contribution is -2.36. The molecule has 0 saturated carbocycles. The van der Waals surface area contributed by atoms with Crippen LogP contribution in [0.25, 0.3) is 0 Å². The zero-order valence-corrected chi connectivity index (χ0v) is 15.8. The summed E-state index contributed by atoms with van der Waals surface area (Å²) in [6, 6.07) is 4.80. The number of carbonyl (C=O) groups excluding carboxylic acids is 2. The van der Waals surface area contributed by atoms with Gasteiger partial charge in [-0.1, -0.05) is 6.42 Å². The second-order valence-electron chi connectivity index (χ2n) is 6.64. The van der Waals surface area contributed by atoms with Crippen molar-refractivity contribution in [3.05, 3.63) is 23.8 Å². The van der Waals surface area contributed by atoms with Gasteiger partial charge in [-0.05, 0) is 25.0 Å². The fourth-order valence-electron chi connectivity index (χ4n) is 3.44. The molecular weight excluding hydrogens is 370 g/mol. The summed E-state index contributed by atoms with van der Waals surface area (Å²) in [5, 5.41) is 18.1. The van der Waals surface area contributed by atoms with Gasteiger partial charge in [-0.3, -0.25) is 4.79 Å². The molecule has 2 aliphatic heterocycles. The molecule has 0 unspecified atom stereocenters. The van der Waals surface area contributed by atoms with Gasteiger partial charge in [0.25, 0.3) is 0 Å². The first-order valence-electron chi connectivity index (χ1n) is 8.87. The molecule has 2 aliphatic rings. The van der Waals surface area contributed by atoms with E-state index in [9.17, 15) is 14.4 Å². The fraction of sp³-hybridized carbons (Fsp3) is 0.500. The summed E-state index contributed by atoms with van der Waals surface area (Å²) in [6.07, 6.45) is 3.01. The molecule has 3 rings (SSSR count). The van der Waals surface area contributed by atoms with Gasteiger partial charge < -0.3 is 25.8 Å². The molecule has 0 spiro atoms. The first-order valence-corrected chi connectivity index (χ1v) is 9.92. The second kappa shape index (κ2) is 8.51. The number of thioether (sulfide) groups is 1. The van der Waals surface area contributed by atoms with Crippen molar-refractivity contribution in [1.82, 2.24) is 10.6 Å². The van der Waals surface area contributed by atoms with Gasteiger partial charge in [0.15, 0.2) is 0 Å². The van der Waals surface area contributed by atoms with Crippen LogP contribution < -0.4 is 20.7 Å². The lowest BCUT2D eigenvalue weighted by Gasteiger charge is -2.16. The molecule has 2 fully saturated rings. The topological polar surface area (TPSA) is 117 Å². The van der Waals surface area contributed by atoms with E-state index in [2.05, 4.69) is 16.0 Å². The van der Waals surface area contributed by atoms with E-state index in [-0.39, 0.29) is 35.3 Å². The molecule has 1 aromatic carbocycles. The number of carbonyl (C=O) groups is 3. The number of unbranched alkanes of at least 4 members (excludes halogenated alkanes) is 1. The number of rotatable bonds is 8. The van der Waals surface area contributed by atoms with Gasteiger partial charge in [0.2, 0.25) is 5.91 Å². The van der Waals surface area contributed by atoms with Crippen LogP contribution in [0.15, 0.2) is 18.2 Å². The van der Waals surface area contributed by atoms with Crippen LogP contribution in [0.5, 0.6) is 5.75 Å². The van der Waals surface area contributed by atoms with E-state index in [1.165, 1.54) is 19.2 Å². The number of nitrogens with one attached hydrogen (secondary N) is 3. The van der Waals surface area contributed by atoms with Crippen LogP contribution in [0.1, 0.15) is 36.0 Å². The van der Waals surface area contributed by atoms with Crippen LogP contribution >= 0.6 is 11.8 Å². The van der Waals surface area contributed by atoms with Crippen LogP contribution in [0.3, 0.4) is 0 Å². The smallest absolute Gasteiger partial charge is 0.339 e. The average Bonchev–Trinajstić information content (AvgIpc) is 3.17. The number of hydrogen-bond donors (Lipinski definition) is 4. The van der Waals surface area contributed by atoms with Crippen molar-refractivity contribution in [3.63, 3.8) is 0 Å². The highest BCUT2D eigenvalue weighted by Crippen LogP contribution is 2.33. The van der Waals surface area contributed by atoms with E-state index in [4.69, 9.17) is 9.84 Å². The van der Waals surface area contributed by atoms with Gasteiger partial charge in [-0.25, -0.2) is 9.59 Å². The molecule has 0 radical (unpaired) electrons. The SMILES string of the molecule is COc1cc(NC(=O)CCCC[C@@H]2SC[C@@H]3NC(=O)N[C@@H]32)ccc1C(=O)O. The van der Waals surface area contributed by atoms with E-state index in [0.29, 0.717) is 17.4 Å². The van der Waals surface area contributed by atoms with Gasteiger partial charge in [0, 0.05) is 29.2 Å². The third-order valence-electron chi connectivity index (χ3n) is 4.80. The van der Waals surface area contributed by atoms with E-state index in [0.717, 1.165) is 25.0 Å². The Hall–Kier alpha value is -2.42. The standard InChI is InChI=1S/C18H23N3O5S/c1-26-13-8-10(6-7-11(13)17(23)24)19-15(22)5-3-2-4-14-16-12(9-27-14)20-18(25)21-16/h6-8,12,14,16H,2-5,9H2,1H3,(H,19,22)(H,23,24)(H2,20,21,25)/t12-,14-,16-/m0/s1. The minimum absolute atomic E-state index is 0.0522. The summed E-state index contributed by atoms with van der Waals surface area (Å²) in [5.74, 6) is -0.0541. The number of carboxylic acid groups (broad SMARTS) is 1. The summed E-state index contributed by atoms with van der Waals surface area (Å²) >= 11 is 1.87. The molecule has 9 heteroatoms. The van der Waals surface area contributed by atoms with Crippen LogP contribution in [0.4, 0.5) is 10.5 Å². The Balaban J connectivity index is 1.41. The molecule has 0 aromatic heterocycles. The number of fused-ring (bicyclic) bond motifs is 1. The summed E-state index contributed by atoms with van der Waals surface area (Å²) in [5.41, 5.74) is 0.562. The molecule has 2 heterocycles. The quantitative estimate of drug-likeness (QED) is 0.397. The maximum atomic E-state index is 12.1. The third-order valence-corrected chi connectivity index (χ3v) is 6.30. The molecule has 3 amide bonds. The molecule has 1 aromatic rings. The van der Waals surface area contributed by atoms with E-state index < -0.39 is 5.97 Å². The minimum Gasteiger partial charge on any atom is -0.496 e. The van der Waals surface area contributed by atoms with Crippen molar-refractivity contribution in [2.75, 3.05) is 18.2 Å². The molecule has 0 aliphatic carbocycles. The predicted molar refractivity (Wildman–Crippen MR) is 103 cm³/mol. The predicted octanol–water partition coefficient (Wildman–Crippen LogP) is 2.06. The largest absolute Gasteiger partial charge is 0.496 e. The number of ether oxygens (including phenoxy) is 1. The maximum absolute atomic E-state index is 12.1. The first kappa shape index (κ1) is 19.3. The third kappa shape index (κ3) is 4.65. The highest BCUT2D eigenvalue weighted by Gasteiger charge is 2.42. The lowest BCUT2D eigenvalue weighted by molar-refractivity contribution is -0.116. The number of anilines is 1. The average molecular weight is 393 g/mol. The molecule has 2 saturated heterocycles. The summed E-state index contributed by atoms with van der Waals surface area (Å²) in [6.45, 7) is 0. The van der Waals surface area contributed by atoms with Crippen molar-refractivity contribution in [2.45, 2.75) is 43.0 Å². The van der Waals surface area contributed by atoms with Crippen LogP contribution in [0.2, 0.25) is 0 Å². The van der Waals surface area contributed by atoms with E-state index in [1.807, 2.05) is 11.8 Å². The number of hydrogen-bond acceptors (Lipinski definition) is 5. The van der Waals surface area contributed by atoms with Gasteiger partial charge in [0.05, 0.1) is 19.2 Å². The number of methoxy groups -OCH3 is 1. The van der Waals surface area contributed by atoms with Crippen LogP contribution in [0, 0.1) is 0 Å². The Morgan fingerprint density at radius 2 is 2.15 bits per heavy atom. The number of amides is 3. The molecule has 3 atom stereocenters. The molecular formula is C18H23N3O5S. The number of urea groups is 1. The van der Waals surface area contributed by atoms with Crippen LogP contribution in [-0.2, 0) is 4.79 Å². The maximum Gasteiger partial charge on any atom is 0.339 e. The summed E-state index contributed by atoms with van der Waals surface area (Å²) in [4.78, 5) is 34.6. The molecule has 4 N–H and O–H groups in total. The van der Waals surface area contributed by atoms with E-state index >= 15 is 0 Å². The Bertz CT molecular complexity index is 742. The Morgan fingerprint density at radius 1 is 1.33 bits per heavy atom. The van der Waals surface area contributed by atoms with Crippen molar-refractivity contribution < 1.29 is 24.2 Å². The van der Waals surface area contributed by atoms with Crippen molar-refractivity contribution in [2.24, 2.45) is 0 Å². The Kier molecular flexibility index (Phi) is 6.10. The fourth-order valence-corrected chi connectivity index (χ4v) is 4.99. The van der Waals surface area contributed by atoms with Crippen molar-refractivity contribution in [1.29, 1.82) is 0 Å². The number of carboxylic acids is 1. The zero-order chi connectivity index (χ0) is 19.4.